The highest BCUT2D eigenvalue weighted by molar-refractivity contribution is 7.44. The third kappa shape index (κ3) is 11.3. The van der Waals surface area contributed by atoms with Gasteiger partial charge in [0.2, 0.25) is 6.54 Å². The molecule has 11 heteroatoms. The van der Waals surface area contributed by atoms with Gasteiger partial charge in [0.05, 0.1) is 26.9 Å². The molecule has 1 aliphatic heterocycles. The average molecular weight is 744 g/mol. The third-order valence-electron chi connectivity index (χ3n) is 9.78. The fourth-order valence-corrected chi connectivity index (χ4v) is 8.98. The first-order valence-electron chi connectivity index (χ1n) is 19.0. The second-order valence-electron chi connectivity index (χ2n) is 14.1. The first kappa shape index (κ1) is 42.7. The highest BCUT2D eigenvalue weighted by Gasteiger charge is 2.47. The monoisotopic (exact) mass is 743 g/mol. The van der Waals surface area contributed by atoms with Crippen molar-refractivity contribution in [2.24, 2.45) is 11.7 Å². The molecule has 2 N–H and O–H groups in total. The molecular formula is C42H59BN3O6P. The Morgan fingerprint density at radius 1 is 0.830 bits per heavy atom. The molecule has 0 saturated carbocycles. The summed E-state index contributed by atoms with van der Waals surface area (Å²) >= 11 is 0. The van der Waals surface area contributed by atoms with Crippen molar-refractivity contribution in [3.63, 3.8) is 0 Å². The Balaban J connectivity index is 1.76. The Morgan fingerprint density at radius 3 is 1.91 bits per heavy atom. The van der Waals surface area contributed by atoms with Crippen molar-refractivity contribution in [2.45, 2.75) is 102 Å². The highest BCUT2D eigenvalue weighted by atomic mass is 31.2. The minimum Gasteiger partial charge on any atom is -0.497 e. The van der Waals surface area contributed by atoms with Crippen molar-refractivity contribution >= 4 is 16.4 Å². The fraction of sp³-hybridized carbons (Fsp3) is 0.548. The second-order valence-corrected chi connectivity index (χ2v) is 15.5. The first-order valence-corrected chi connectivity index (χ1v) is 20.1. The third-order valence-corrected chi connectivity index (χ3v) is 11.9. The Bertz CT molecular complexity index is 1450. The molecule has 53 heavy (non-hydrogen) atoms. The van der Waals surface area contributed by atoms with Crippen molar-refractivity contribution in [1.82, 2.24) is 4.67 Å². The summed E-state index contributed by atoms with van der Waals surface area (Å²) < 4.78 is 40.8. The van der Waals surface area contributed by atoms with Crippen LogP contribution in [0.1, 0.15) is 82.9 Å². The molecule has 0 aromatic heterocycles. The van der Waals surface area contributed by atoms with Crippen molar-refractivity contribution in [1.29, 1.82) is 0 Å². The quantitative estimate of drug-likeness (QED) is 0.0340. The van der Waals surface area contributed by atoms with Crippen LogP contribution in [0.2, 0.25) is 0 Å². The van der Waals surface area contributed by atoms with Crippen LogP contribution in [-0.4, -0.2) is 83.3 Å². The number of benzene rings is 3. The number of rotatable bonds is 23. The number of hydrogen-bond acceptors (Lipinski definition) is 8. The van der Waals surface area contributed by atoms with E-state index >= 15 is 0 Å². The number of nitrogens with two attached hydrogens (primary N) is 1. The Kier molecular flexibility index (Phi) is 17.6. The van der Waals surface area contributed by atoms with Gasteiger partial charge in [-0.2, -0.15) is 0 Å². The zero-order valence-electron chi connectivity index (χ0n) is 32.5. The van der Waals surface area contributed by atoms with Gasteiger partial charge < -0.3 is 38.6 Å². The van der Waals surface area contributed by atoms with Gasteiger partial charge in [0.1, 0.15) is 37.7 Å². The molecule has 4 rings (SSSR count). The van der Waals surface area contributed by atoms with Crippen LogP contribution in [0.15, 0.2) is 78.9 Å². The van der Waals surface area contributed by atoms with Crippen molar-refractivity contribution < 1.29 is 28.0 Å². The van der Waals surface area contributed by atoms with E-state index in [2.05, 4.69) is 49.3 Å². The van der Waals surface area contributed by atoms with E-state index in [9.17, 15) is 0 Å². The van der Waals surface area contributed by atoms with Gasteiger partial charge in [-0.15, -0.1) is 0 Å². The fourth-order valence-electron chi connectivity index (χ4n) is 7.18. The Labute approximate surface area is 321 Å². The van der Waals surface area contributed by atoms with E-state index in [0.29, 0.717) is 0 Å². The van der Waals surface area contributed by atoms with Gasteiger partial charge >= 0.3 is 0 Å². The zero-order chi connectivity index (χ0) is 38.2. The number of methoxy groups -OCH3 is 2. The molecule has 2 unspecified atom stereocenters. The standard InChI is InChI=1S/C42H59BN3O6P/c1-31(2)46(32(3)4)53(50-29-28-45-5)52-40-38(18-14-9-8-10-15-27-44)41(43)51-39(40)30-49-42(33-16-12-11-13-17-33,34-19-23-36(47-6)24-20-34)35-21-25-37(48-7)26-22-35/h11-13,16-17,19-26,31-32,38-41H,8-10,14-15,18,27-30,44H2,1-4,6-7H3/t38-,39+,40?,41+,53?/m0/s1. The largest absolute Gasteiger partial charge is 0.497 e. The predicted octanol–water partition coefficient (Wildman–Crippen LogP) is 8.49. The van der Waals surface area contributed by atoms with Gasteiger partial charge in [0, 0.05) is 24.0 Å². The maximum absolute atomic E-state index is 7.37. The van der Waals surface area contributed by atoms with Crippen LogP contribution in [0.3, 0.4) is 0 Å². The van der Waals surface area contributed by atoms with Crippen molar-refractivity contribution in [3.8, 4) is 11.5 Å². The topological polar surface area (TPSA) is 89.0 Å². The van der Waals surface area contributed by atoms with E-state index in [1.165, 1.54) is 0 Å². The molecule has 0 spiro atoms. The highest BCUT2D eigenvalue weighted by Crippen LogP contribution is 2.51. The zero-order valence-corrected chi connectivity index (χ0v) is 33.4. The van der Waals surface area contributed by atoms with Crippen LogP contribution >= 0.6 is 8.53 Å². The van der Waals surface area contributed by atoms with Crippen molar-refractivity contribution in [3.05, 3.63) is 107 Å². The maximum Gasteiger partial charge on any atom is 0.259 e. The molecule has 0 aliphatic carbocycles. The SMILES string of the molecule is [B][C@@H]1O[C@H](COC(c2ccccc2)(c2ccc(OC)cc2)c2ccc(OC)cc2)C(OP(OCC[N+]#[C-])N(C(C)C)C(C)C)[C@@H]1CCCCCCCN. The molecule has 0 bridgehead atoms. The van der Waals surface area contributed by atoms with Gasteiger partial charge in [-0.25, -0.2) is 11.2 Å². The van der Waals surface area contributed by atoms with E-state index in [1.807, 2.05) is 66.7 Å². The smallest absolute Gasteiger partial charge is 0.259 e. The average Bonchev–Trinajstić information content (AvgIpc) is 3.46. The van der Waals surface area contributed by atoms with Crippen LogP contribution in [0, 0.1) is 12.5 Å². The number of hydrogen-bond donors (Lipinski definition) is 1. The molecule has 3 aromatic rings. The second kappa shape index (κ2) is 21.8. The summed E-state index contributed by atoms with van der Waals surface area (Å²) in [6.45, 7) is 17.4. The summed E-state index contributed by atoms with van der Waals surface area (Å²) in [5, 5.41) is 0. The normalized spacial score (nSPS) is 19.5. The van der Waals surface area contributed by atoms with Crippen LogP contribution < -0.4 is 15.2 Å². The maximum atomic E-state index is 7.37. The molecule has 5 atom stereocenters. The Hall–Kier alpha value is -3.00. The van der Waals surface area contributed by atoms with E-state index in [0.717, 1.165) is 73.3 Å². The van der Waals surface area contributed by atoms with E-state index in [4.69, 9.17) is 48.1 Å². The van der Waals surface area contributed by atoms with Crippen LogP contribution in [-0.2, 0) is 24.1 Å². The molecule has 0 amide bonds. The summed E-state index contributed by atoms with van der Waals surface area (Å²) in [6.07, 6.45) is 5.31. The summed E-state index contributed by atoms with van der Waals surface area (Å²) in [6, 6.07) is 26.0. The molecule has 1 saturated heterocycles. The lowest BCUT2D eigenvalue weighted by atomic mass is 9.79. The van der Waals surface area contributed by atoms with E-state index in [1.54, 1.807) is 14.2 Å². The molecule has 1 fully saturated rings. The molecular weight excluding hydrogens is 684 g/mol. The first-order chi connectivity index (χ1) is 25.7. The minimum atomic E-state index is -1.55. The lowest BCUT2D eigenvalue weighted by molar-refractivity contribution is -0.0717. The lowest BCUT2D eigenvalue weighted by Crippen LogP contribution is -2.41. The number of ether oxygens (including phenoxy) is 4. The molecule has 1 heterocycles. The molecule has 9 nitrogen and oxygen atoms in total. The van der Waals surface area contributed by atoms with Gasteiger partial charge in [-0.05, 0) is 88.0 Å². The van der Waals surface area contributed by atoms with Gasteiger partial charge in [-0.1, -0.05) is 80.3 Å². The Morgan fingerprint density at radius 2 is 1.38 bits per heavy atom. The molecule has 3 aromatic carbocycles. The van der Waals surface area contributed by atoms with Crippen LogP contribution in [0.25, 0.3) is 4.85 Å². The molecule has 286 valence electrons. The molecule has 1 aliphatic rings. The predicted molar refractivity (Wildman–Crippen MR) is 214 cm³/mol. The van der Waals surface area contributed by atoms with Crippen LogP contribution in [0.5, 0.6) is 11.5 Å². The van der Waals surface area contributed by atoms with Gasteiger partial charge in [0.25, 0.3) is 8.53 Å². The van der Waals surface area contributed by atoms with E-state index in [-0.39, 0.29) is 37.8 Å². The van der Waals surface area contributed by atoms with Crippen LogP contribution in [0.4, 0.5) is 0 Å². The summed E-state index contributed by atoms with van der Waals surface area (Å²) in [5.74, 6) is 1.42. The van der Waals surface area contributed by atoms with Gasteiger partial charge in [0.15, 0.2) is 0 Å². The number of nitrogens with zero attached hydrogens (tertiary/aromatic N) is 2. The molecule has 2 radical (unpaired) electrons. The lowest BCUT2D eigenvalue weighted by Gasteiger charge is -2.39. The van der Waals surface area contributed by atoms with E-state index < -0.39 is 32.3 Å². The number of unbranched alkanes of at least 4 members (excludes halogenated alkanes) is 4. The van der Waals surface area contributed by atoms with Gasteiger partial charge in [-0.3, -0.25) is 0 Å². The van der Waals surface area contributed by atoms with Crippen molar-refractivity contribution in [2.75, 3.05) is 40.5 Å². The minimum absolute atomic E-state index is 0.0816. The summed E-state index contributed by atoms with van der Waals surface area (Å²) in [5.41, 5.74) is 7.53. The summed E-state index contributed by atoms with van der Waals surface area (Å²) in [7, 11) is 8.64. The summed E-state index contributed by atoms with van der Waals surface area (Å²) in [4.78, 5) is 3.54.